The largest absolute Gasteiger partial charge is 0.506 e. The molecule has 1 heterocycles. The standard InChI is InChI=1S/C30H30ClN3O2/c1-5-7-21-14-22(16-26(31)30(21)36)20-10-13-27-24(15-20)29(25(17-32-27)28(35)6-2)33-23-11-8-19(9-12-23)18-34(3)4/h5,7-17,36H,6,18H2,1-4H3,(H,32,33). The molecule has 4 aromatic rings. The monoisotopic (exact) mass is 499 g/mol. The molecule has 0 unspecified atom stereocenters. The van der Waals surface area contributed by atoms with Crippen LogP contribution in [-0.2, 0) is 6.54 Å². The number of aromatic nitrogens is 1. The predicted molar refractivity (Wildman–Crippen MR) is 150 cm³/mol. The Labute approximate surface area is 217 Å². The average Bonchev–Trinajstić information content (AvgIpc) is 2.87. The minimum absolute atomic E-state index is 0.0181. The summed E-state index contributed by atoms with van der Waals surface area (Å²) in [7, 11) is 4.08. The number of halogens is 1. The van der Waals surface area contributed by atoms with Crippen molar-refractivity contribution in [3.8, 4) is 16.9 Å². The van der Waals surface area contributed by atoms with E-state index in [0.29, 0.717) is 17.5 Å². The molecular weight excluding hydrogens is 470 g/mol. The second kappa shape index (κ2) is 10.9. The molecule has 0 saturated carbocycles. The maximum Gasteiger partial charge on any atom is 0.166 e. The summed E-state index contributed by atoms with van der Waals surface area (Å²) < 4.78 is 0. The van der Waals surface area contributed by atoms with Gasteiger partial charge in [-0.05, 0) is 74.1 Å². The van der Waals surface area contributed by atoms with E-state index in [1.54, 1.807) is 12.3 Å². The van der Waals surface area contributed by atoms with Gasteiger partial charge in [0.25, 0.3) is 0 Å². The van der Waals surface area contributed by atoms with Gasteiger partial charge in [-0.3, -0.25) is 9.78 Å². The quantitative estimate of drug-likeness (QED) is 0.243. The van der Waals surface area contributed by atoms with Crippen molar-refractivity contribution in [3.05, 3.63) is 88.6 Å². The summed E-state index contributed by atoms with van der Waals surface area (Å²) in [5, 5.41) is 14.9. The topological polar surface area (TPSA) is 65.5 Å². The number of allylic oxidation sites excluding steroid dienone is 1. The predicted octanol–water partition coefficient (Wildman–Crippen LogP) is 7.69. The smallest absolute Gasteiger partial charge is 0.166 e. The van der Waals surface area contributed by atoms with Gasteiger partial charge in [0.1, 0.15) is 5.75 Å². The number of benzene rings is 3. The molecule has 0 saturated heterocycles. The number of phenols is 1. The van der Waals surface area contributed by atoms with Crippen molar-refractivity contribution in [3.63, 3.8) is 0 Å². The van der Waals surface area contributed by atoms with E-state index in [2.05, 4.69) is 27.3 Å². The number of anilines is 2. The molecule has 0 aliphatic rings. The van der Waals surface area contributed by atoms with Crippen LogP contribution in [0.2, 0.25) is 5.02 Å². The first-order valence-corrected chi connectivity index (χ1v) is 12.3. The lowest BCUT2D eigenvalue weighted by Gasteiger charge is -2.16. The molecule has 1 aromatic heterocycles. The number of phenolic OH excluding ortho intramolecular Hbond substituents is 1. The molecule has 0 spiro atoms. The number of carbonyl (C=O) groups is 1. The third-order valence-electron chi connectivity index (χ3n) is 5.98. The molecule has 4 rings (SSSR count). The highest BCUT2D eigenvalue weighted by Crippen LogP contribution is 2.37. The molecule has 36 heavy (non-hydrogen) atoms. The number of nitrogens with zero attached hydrogens (tertiary/aromatic N) is 2. The summed E-state index contributed by atoms with van der Waals surface area (Å²) in [5.74, 6) is 0.0708. The number of ketones is 1. The molecule has 0 bridgehead atoms. The van der Waals surface area contributed by atoms with E-state index in [4.69, 9.17) is 11.6 Å². The van der Waals surface area contributed by atoms with E-state index in [-0.39, 0.29) is 16.6 Å². The Morgan fingerprint density at radius 1 is 1.08 bits per heavy atom. The molecule has 0 aliphatic carbocycles. The number of Topliss-reactive ketones (excluding diaryl/α,β-unsaturated/α-hetero) is 1. The molecular formula is C30H30ClN3O2. The van der Waals surface area contributed by atoms with Crippen LogP contribution in [0.4, 0.5) is 11.4 Å². The number of fused-ring (bicyclic) bond motifs is 1. The Bertz CT molecular complexity index is 1440. The number of aromatic hydroxyl groups is 1. The van der Waals surface area contributed by atoms with Crippen molar-refractivity contribution in [2.45, 2.75) is 26.8 Å². The van der Waals surface area contributed by atoms with E-state index >= 15 is 0 Å². The number of hydrogen-bond donors (Lipinski definition) is 2. The van der Waals surface area contributed by atoms with Crippen LogP contribution in [0.25, 0.3) is 28.1 Å². The van der Waals surface area contributed by atoms with Gasteiger partial charge in [-0.1, -0.05) is 48.9 Å². The lowest BCUT2D eigenvalue weighted by molar-refractivity contribution is 0.0988. The van der Waals surface area contributed by atoms with E-state index in [9.17, 15) is 9.90 Å². The number of nitrogens with one attached hydrogen (secondary N) is 1. The molecule has 5 nitrogen and oxygen atoms in total. The molecule has 6 heteroatoms. The number of rotatable bonds is 8. The Morgan fingerprint density at radius 3 is 2.50 bits per heavy atom. The number of carbonyl (C=O) groups excluding carboxylic acids is 1. The molecule has 0 atom stereocenters. The normalized spacial score (nSPS) is 11.5. The first-order chi connectivity index (χ1) is 17.3. The van der Waals surface area contributed by atoms with Crippen molar-refractivity contribution in [2.75, 3.05) is 19.4 Å². The van der Waals surface area contributed by atoms with Crippen LogP contribution in [0, 0.1) is 0 Å². The van der Waals surface area contributed by atoms with E-state index in [1.165, 1.54) is 5.56 Å². The molecule has 0 fully saturated rings. The highest BCUT2D eigenvalue weighted by molar-refractivity contribution is 6.32. The zero-order valence-corrected chi connectivity index (χ0v) is 21.7. The number of hydrogen-bond acceptors (Lipinski definition) is 5. The van der Waals surface area contributed by atoms with Crippen LogP contribution in [0.3, 0.4) is 0 Å². The van der Waals surface area contributed by atoms with Gasteiger partial charge in [0, 0.05) is 35.8 Å². The third kappa shape index (κ3) is 5.43. The summed E-state index contributed by atoms with van der Waals surface area (Å²) in [5.41, 5.74) is 6.56. The Hall–Kier alpha value is -3.67. The van der Waals surface area contributed by atoms with E-state index in [0.717, 1.165) is 39.9 Å². The highest BCUT2D eigenvalue weighted by atomic mass is 35.5. The van der Waals surface area contributed by atoms with Gasteiger partial charge in [-0.2, -0.15) is 0 Å². The fourth-order valence-electron chi connectivity index (χ4n) is 4.21. The van der Waals surface area contributed by atoms with E-state index < -0.39 is 0 Å². The lowest BCUT2D eigenvalue weighted by Crippen LogP contribution is -2.10. The van der Waals surface area contributed by atoms with Gasteiger partial charge in [0.2, 0.25) is 0 Å². The summed E-state index contributed by atoms with van der Waals surface area (Å²) >= 11 is 6.33. The van der Waals surface area contributed by atoms with Crippen LogP contribution in [0.5, 0.6) is 5.75 Å². The Morgan fingerprint density at radius 2 is 1.83 bits per heavy atom. The van der Waals surface area contributed by atoms with Gasteiger partial charge < -0.3 is 15.3 Å². The summed E-state index contributed by atoms with van der Waals surface area (Å²) in [6.07, 6.45) is 5.70. The highest BCUT2D eigenvalue weighted by Gasteiger charge is 2.16. The average molecular weight is 500 g/mol. The zero-order valence-electron chi connectivity index (χ0n) is 21.0. The van der Waals surface area contributed by atoms with Gasteiger partial charge in [0.05, 0.1) is 21.8 Å². The second-order valence-corrected chi connectivity index (χ2v) is 9.42. The van der Waals surface area contributed by atoms with Crippen molar-refractivity contribution in [1.29, 1.82) is 0 Å². The fourth-order valence-corrected chi connectivity index (χ4v) is 4.43. The van der Waals surface area contributed by atoms with Gasteiger partial charge in [0.15, 0.2) is 5.78 Å². The van der Waals surface area contributed by atoms with Gasteiger partial charge in [-0.15, -0.1) is 0 Å². The SMILES string of the molecule is CC=Cc1cc(-c2ccc3ncc(C(=O)CC)c(Nc4ccc(CN(C)C)cc4)c3c2)cc(Cl)c1O. The summed E-state index contributed by atoms with van der Waals surface area (Å²) in [4.78, 5) is 19.5. The first-order valence-electron chi connectivity index (χ1n) is 11.9. The van der Waals surface area contributed by atoms with Crippen molar-refractivity contribution in [2.24, 2.45) is 0 Å². The molecule has 0 aliphatic heterocycles. The molecule has 2 N–H and O–H groups in total. The van der Waals surface area contributed by atoms with Crippen LogP contribution >= 0.6 is 11.6 Å². The maximum absolute atomic E-state index is 12.9. The van der Waals surface area contributed by atoms with Crippen LogP contribution in [0.1, 0.15) is 41.8 Å². The van der Waals surface area contributed by atoms with E-state index in [1.807, 2.05) is 76.5 Å². The van der Waals surface area contributed by atoms with Crippen molar-refractivity contribution >= 4 is 45.7 Å². The van der Waals surface area contributed by atoms with Gasteiger partial charge in [-0.25, -0.2) is 0 Å². The van der Waals surface area contributed by atoms with Crippen molar-refractivity contribution < 1.29 is 9.90 Å². The lowest BCUT2D eigenvalue weighted by atomic mass is 9.98. The molecule has 184 valence electrons. The first kappa shape index (κ1) is 25.4. The Balaban J connectivity index is 1.85. The second-order valence-electron chi connectivity index (χ2n) is 9.01. The summed E-state index contributed by atoms with van der Waals surface area (Å²) in [6.45, 7) is 4.59. The number of pyridine rings is 1. The minimum atomic E-state index is 0.0181. The molecule has 3 aromatic carbocycles. The summed E-state index contributed by atoms with van der Waals surface area (Å²) in [6, 6.07) is 17.8. The zero-order chi connectivity index (χ0) is 25.8. The molecule has 0 radical (unpaired) electrons. The minimum Gasteiger partial charge on any atom is -0.506 e. The van der Waals surface area contributed by atoms with Gasteiger partial charge >= 0.3 is 0 Å². The fraction of sp³-hybridized carbons (Fsp3) is 0.200. The maximum atomic E-state index is 12.9. The third-order valence-corrected chi connectivity index (χ3v) is 6.27. The Kier molecular flexibility index (Phi) is 7.73. The van der Waals surface area contributed by atoms with Crippen LogP contribution in [0.15, 0.2) is 66.9 Å². The van der Waals surface area contributed by atoms with Crippen LogP contribution < -0.4 is 5.32 Å². The van der Waals surface area contributed by atoms with Crippen LogP contribution in [-0.4, -0.2) is 34.9 Å². The van der Waals surface area contributed by atoms with Crippen molar-refractivity contribution in [1.82, 2.24) is 9.88 Å². The molecule has 0 amide bonds.